The number of morpholine rings is 1. The third-order valence-electron chi connectivity index (χ3n) is 3.56. The summed E-state index contributed by atoms with van der Waals surface area (Å²) in [7, 11) is 0. The Morgan fingerprint density at radius 3 is 2.93 bits per heavy atom. The first-order valence-corrected chi connectivity index (χ1v) is 5.86. The molecule has 2 rings (SSSR count). The maximum atomic E-state index is 11.7. The molecule has 2 aliphatic rings. The lowest BCUT2D eigenvalue weighted by Gasteiger charge is -2.23. The molecule has 0 aromatic rings. The van der Waals surface area contributed by atoms with Gasteiger partial charge in [-0.2, -0.15) is 0 Å². The Bertz CT molecular complexity index is 233. The molecule has 86 valence electrons. The summed E-state index contributed by atoms with van der Waals surface area (Å²) < 4.78 is 5.38. The minimum Gasteiger partial charge on any atom is -0.366 e. The minimum atomic E-state index is -0.286. The largest absolute Gasteiger partial charge is 0.366 e. The van der Waals surface area contributed by atoms with Crippen LogP contribution in [-0.2, 0) is 9.53 Å². The fourth-order valence-electron chi connectivity index (χ4n) is 1.95. The molecule has 2 fully saturated rings. The zero-order chi connectivity index (χ0) is 10.7. The van der Waals surface area contributed by atoms with Crippen LogP contribution in [0.25, 0.3) is 0 Å². The van der Waals surface area contributed by atoms with Crippen LogP contribution in [0.2, 0.25) is 0 Å². The lowest BCUT2D eigenvalue weighted by Crippen LogP contribution is -2.48. The van der Waals surface area contributed by atoms with Gasteiger partial charge < -0.3 is 15.4 Å². The molecular formula is C11H20N2O2. The van der Waals surface area contributed by atoms with Gasteiger partial charge in [0, 0.05) is 19.6 Å². The van der Waals surface area contributed by atoms with E-state index in [0.717, 1.165) is 19.5 Å². The molecule has 1 atom stereocenters. The molecule has 1 aliphatic carbocycles. The Labute approximate surface area is 90.8 Å². The van der Waals surface area contributed by atoms with Crippen molar-refractivity contribution >= 4 is 5.91 Å². The molecule has 1 amide bonds. The number of nitrogens with one attached hydrogen (secondary N) is 2. The second kappa shape index (κ2) is 4.49. The maximum absolute atomic E-state index is 11.7. The molecule has 15 heavy (non-hydrogen) atoms. The van der Waals surface area contributed by atoms with Crippen molar-refractivity contribution in [1.82, 2.24) is 10.6 Å². The summed E-state index contributed by atoms with van der Waals surface area (Å²) in [4.78, 5) is 11.7. The molecule has 1 saturated heterocycles. The van der Waals surface area contributed by atoms with E-state index in [1.54, 1.807) is 0 Å². The van der Waals surface area contributed by atoms with Gasteiger partial charge in [-0.15, -0.1) is 0 Å². The highest BCUT2D eigenvalue weighted by molar-refractivity contribution is 5.81. The standard InChI is InChI=1S/C11H20N2O2/c1-2-11(3-4-11)8-13-10(14)9-7-12-5-6-15-9/h9,12H,2-8H2,1H3,(H,13,14)/t9-/m0/s1. The zero-order valence-corrected chi connectivity index (χ0v) is 9.34. The molecule has 4 heteroatoms. The number of ether oxygens (including phenoxy) is 1. The molecule has 4 nitrogen and oxygen atoms in total. The van der Waals surface area contributed by atoms with Crippen LogP contribution in [0.3, 0.4) is 0 Å². The number of amides is 1. The summed E-state index contributed by atoms with van der Waals surface area (Å²) in [5.41, 5.74) is 0.414. The van der Waals surface area contributed by atoms with Gasteiger partial charge in [0.25, 0.3) is 0 Å². The lowest BCUT2D eigenvalue weighted by molar-refractivity contribution is -0.134. The first kappa shape index (κ1) is 10.9. The van der Waals surface area contributed by atoms with Gasteiger partial charge in [-0.25, -0.2) is 0 Å². The van der Waals surface area contributed by atoms with E-state index >= 15 is 0 Å². The van der Waals surface area contributed by atoms with Gasteiger partial charge in [-0.05, 0) is 24.7 Å². The third-order valence-corrected chi connectivity index (χ3v) is 3.56. The molecule has 0 unspecified atom stereocenters. The van der Waals surface area contributed by atoms with Gasteiger partial charge in [0.15, 0.2) is 0 Å². The highest BCUT2D eigenvalue weighted by atomic mass is 16.5. The number of rotatable bonds is 4. The first-order valence-electron chi connectivity index (χ1n) is 5.86. The lowest BCUT2D eigenvalue weighted by atomic mass is 10.0. The Balaban J connectivity index is 1.72. The number of hydrogen-bond acceptors (Lipinski definition) is 3. The summed E-state index contributed by atoms with van der Waals surface area (Å²) in [6, 6.07) is 0. The van der Waals surface area contributed by atoms with E-state index in [1.807, 2.05) is 0 Å². The summed E-state index contributed by atoms with van der Waals surface area (Å²) in [6.07, 6.45) is 3.39. The molecule has 0 spiro atoms. The van der Waals surface area contributed by atoms with Gasteiger partial charge in [0.1, 0.15) is 6.10 Å². The first-order chi connectivity index (χ1) is 7.26. The van der Waals surface area contributed by atoms with Crippen LogP contribution in [0, 0.1) is 5.41 Å². The highest BCUT2D eigenvalue weighted by Crippen LogP contribution is 2.47. The average molecular weight is 212 g/mol. The predicted octanol–water partition coefficient (Wildman–Crippen LogP) is 0.281. The van der Waals surface area contributed by atoms with Gasteiger partial charge in [-0.1, -0.05) is 6.92 Å². The van der Waals surface area contributed by atoms with Gasteiger partial charge in [-0.3, -0.25) is 4.79 Å². The molecular weight excluding hydrogens is 192 g/mol. The summed E-state index contributed by atoms with van der Waals surface area (Å²) in [5.74, 6) is 0.0434. The normalized spacial score (nSPS) is 28.5. The van der Waals surface area contributed by atoms with Gasteiger partial charge >= 0.3 is 0 Å². The quantitative estimate of drug-likeness (QED) is 0.704. The molecule has 1 saturated carbocycles. The topological polar surface area (TPSA) is 50.4 Å². The van der Waals surface area contributed by atoms with E-state index in [4.69, 9.17) is 4.74 Å². The SMILES string of the molecule is CCC1(CNC(=O)[C@@H]2CNCCO2)CC1. The van der Waals surface area contributed by atoms with Crippen molar-refractivity contribution in [3.8, 4) is 0 Å². The molecule has 2 N–H and O–H groups in total. The third kappa shape index (κ3) is 2.69. The second-order valence-corrected chi connectivity index (χ2v) is 4.63. The number of carbonyl (C=O) groups excluding carboxylic acids is 1. The van der Waals surface area contributed by atoms with Crippen LogP contribution in [0.1, 0.15) is 26.2 Å². The van der Waals surface area contributed by atoms with E-state index in [2.05, 4.69) is 17.6 Å². The van der Waals surface area contributed by atoms with E-state index in [0.29, 0.717) is 18.6 Å². The van der Waals surface area contributed by atoms with E-state index in [1.165, 1.54) is 12.8 Å². The highest BCUT2D eigenvalue weighted by Gasteiger charge is 2.41. The van der Waals surface area contributed by atoms with E-state index < -0.39 is 0 Å². The zero-order valence-electron chi connectivity index (χ0n) is 9.34. The summed E-state index contributed by atoms with van der Waals surface area (Å²) in [5, 5.41) is 6.16. The predicted molar refractivity (Wildman–Crippen MR) is 57.6 cm³/mol. The Morgan fingerprint density at radius 2 is 2.40 bits per heavy atom. The van der Waals surface area contributed by atoms with Crippen LogP contribution >= 0.6 is 0 Å². The van der Waals surface area contributed by atoms with Crippen LogP contribution in [-0.4, -0.2) is 38.3 Å². The molecule has 0 aromatic carbocycles. The Hall–Kier alpha value is -0.610. The maximum Gasteiger partial charge on any atom is 0.250 e. The molecule has 0 bridgehead atoms. The van der Waals surface area contributed by atoms with Crippen LogP contribution in [0.15, 0.2) is 0 Å². The van der Waals surface area contributed by atoms with Crippen molar-refractivity contribution in [3.63, 3.8) is 0 Å². The number of hydrogen-bond donors (Lipinski definition) is 2. The van der Waals surface area contributed by atoms with Gasteiger partial charge in [0.2, 0.25) is 5.91 Å². The van der Waals surface area contributed by atoms with Gasteiger partial charge in [0.05, 0.1) is 6.61 Å². The summed E-state index contributed by atoms with van der Waals surface area (Å²) in [6.45, 7) is 5.14. The van der Waals surface area contributed by atoms with Crippen LogP contribution in [0.4, 0.5) is 0 Å². The van der Waals surface area contributed by atoms with Crippen molar-refractivity contribution in [1.29, 1.82) is 0 Å². The monoisotopic (exact) mass is 212 g/mol. The Morgan fingerprint density at radius 1 is 1.60 bits per heavy atom. The molecule has 0 aromatic heterocycles. The minimum absolute atomic E-state index is 0.0434. The fraction of sp³-hybridized carbons (Fsp3) is 0.909. The van der Waals surface area contributed by atoms with Crippen molar-refractivity contribution in [2.45, 2.75) is 32.3 Å². The Kier molecular flexibility index (Phi) is 3.26. The second-order valence-electron chi connectivity index (χ2n) is 4.63. The fourth-order valence-corrected chi connectivity index (χ4v) is 1.95. The number of carbonyl (C=O) groups is 1. The molecule has 1 aliphatic heterocycles. The van der Waals surface area contributed by atoms with E-state index in [9.17, 15) is 4.79 Å². The van der Waals surface area contributed by atoms with Crippen molar-refractivity contribution in [2.24, 2.45) is 5.41 Å². The van der Waals surface area contributed by atoms with Crippen LogP contribution < -0.4 is 10.6 Å². The van der Waals surface area contributed by atoms with Crippen molar-refractivity contribution in [3.05, 3.63) is 0 Å². The molecule has 1 heterocycles. The smallest absolute Gasteiger partial charge is 0.250 e. The van der Waals surface area contributed by atoms with Crippen molar-refractivity contribution < 1.29 is 9.53 Å². The van der Waals surface area contributed by atoms with Crippen molar-refractivity contribution in [2.75, 3.05) is 26.2 Å². The molecule has 0 radical (unpaired) electrons. The van der Waals surface area contributed by atoms with Crippen LogP contribution in [0.5, 0.6) is 0 Å². The summed E-state index contributed by atoms with van der Waals surface area (Å²) >= 11 is 0. The van der Waals surface area contributed by atoms with E-state index in [-0.39, 0.29) is 12.0 Å². The average Bonchev–Trinajstić information content (AvgIpc) is 3.08.